The van der Waals surface area contributed by atoms with E-state index in [0.29, 0.717) is 23.0 Å². The molecule has 8 rings (SSSR count). The first-order valence-electron chi connectivity index (χ1n) is 29.7. The molecule has 0 aromatic heterocycles. The summed E-state index contributed by atoms with van der Waals surface area (Å²) in [6.07, 6.45) is 6.85. The Morgan fingerprint density at radius 2 is 0.590 bits per heavy atom. The minimum absolute atomic E-state index is 0.00739. The van der Waals surface area contributed by atoms with Gasteiger partial charge in [0.25, 0.3) is 0 Å². The summed E-state index contributed by atoms with van der Waals surface area (Å²) in [5.41, 5.74) is 5.03. The molecule has 83 heavy (non-hydrogen) atoms. The Kier molecular flexibility index (Phi) is 18.9. The van der Waals surface area contributed by atoms with Crippen molar-refractivity contribution in [1.29, 1.82) is 0 Å². The fourth-order valence-corrected chi connectivity index (χ4v) is 14.2. The summed E-state index contributed by atoms with van der Waals surface area (Å²) >= 11 is 0. The first kappa shape index (κ1) is 61.9. The van der Waals surface area contributed by atoms with E-state index in [9.17, 15) is 16.8 Å². The van der Waals surface area contributed by atoms with Gasteiger partial charge in [-0.15, -0.1) is 0 Å². The molecule has 0 amide bonds. The Hall–Kier alpha value is -7.14. The van der Waals surface area contributed by atoms with Gasteiger partial charge in [-0.05, 0) is 218 Å². The average Bonchev–Trinajstić information content (AvgIpc) is 3.32. The molecule has 8 nitrogen and oxygen atoms in total. The van der Waals surface area contributed by atoms with E-state index in [1.54, 1.807) is 72.8 Å². The van der Waals surface area contributed by atoms with Crippen LogP contribution in [0, 0.1) is 0 Å². The van der Waals surface area contributed by atoms with Crippen LogP contribution in [0.5, 0.6) is 34.5 Å². The molecule has 436 valence electrons. The summed E-state index contributed by atoms with van der Waals surface area (Å²) in [6, 6.07) is 60.2. The normalized spacial score (nSPS) is 12.7. The topological polar surface area (TPSA) is 105 Å². The van der Waals surface area contributed by atoms with Crippen LogP contribution in [0.3, 0.4) is 0 Å². The number of benzene rings is 8. The zero-order valence-corrected chi connectivity index (χ0v) is 52.3. The molecule has 10 heteroatoms. The molecule has 0 spiro atoms. The molecule has 0 unspecified atom stereocenters. The third-order valence-corrected chi connectivity index (χ3v) is 22.0. The number of rotatable bonds is 26. The zero-order valence-electron chi connectivity index (χ0n) is 50.7. The van der Waals surface area contributed by atoms with Crippen LogP contribution < -0.4 is 18.9 Å². The van der Waals surface area contributed by atoms with Crippen LogP contribution in [0.25, 0.3) is 11.1 Å². The molecule has 0 aliphatic rings. The van der Waals surface area contributed by atoms with Gasteiger partial charge in [-0.1, -0.05) is 149 Å². The lowest BCUT2D eigenvalue weighted by atomic mass is 9.61. The van der Waals surface area contributed by atoms with Gasteiger partial charge in [0.05, 0.1) is 19.6 Å². The first-order chi connectivity index (χ1) is 39.6. The van der Waals surface area contributed by atoms with Gasteiger partial charge in [0, 0.05) is 10.8 Å². The van der Waals surface area contributed by atoms with Crippen molar-refractivity contribution in [3.63, 3.8) is 0 Å². The Bertz CT molecular complexity index is 3610. The van der Waals surface area contributed by atoms with E-state index in [2.05, 4.69) is 132 Å². The lowest BCUT2D eigenvalue weighted by Crippen LogP contribution is -2.54. The molecule has 0 heterocycles. The second kappa shape index (κ2) is 25.4. The summed E-state index contributed by atoms with van der Waals surface area (Å²) < 4.78 is 81.2. The van der Waals surface area contributed by atoms with Crippen molar-refractivity contribution in [2.24, 2.45) is 0 Å². The first-order valence-corrected chi connectivity index (χ1v) is 32.6. The van der Waals surface area contributed by atoms with E-state index in [0.717, 1.165) is 90.7 Å². The van der Waals surface area contributed by atoms with Crippen LogP contribution in [0.1, 0.15) is 157 Å². The van der Waals surface area contributed by atoms with Crippen LogP contribution in [0.15, 0.2) is 214 Å². The quantitative estimate of drug-likeness (QED) is 0.0528. The van der Waals surface area contributed by atoms with E-state index in [1.165, 1.54) is 5.56 Å². The van der Waals surface area contributed by atoms with Gasteiger partial charge in [-0.25, -0.2) is 16.8 Å². The van der Waals surface area contributed by atoms with Gasteiger partial charge in [0.15, 0.2) is 0 Å². The smallest absolute Gasteiger partial charge is 0.206 e. The summed E-state index contributed by atoms with van der Waals surface area (Å²) in [5.74, 6) is 3.98. The Morgan fingerprint density at radius 1 is 0.301 bits per heavy atom. The van der Waals surface area contributed by atoms with Gasteiger partial charge in [-0.2, -0.15) is 0 Å². The molecular formula is C73H84O8S2. The van der Waals surface area contributed by atoms with Crippen molar-refractivity contribution in [3.8, 4) is 45.6 Å². The van der Waals surface area contributed by atoms with E-state index >= 15 is 0 Å². The summed E-state index contributed by atoms with van der Waals surface area (Å²) in [4.78, 5) is 0.886. The van der Waals surface area contributed by atoms with E-state index in [4.69, 9.17) is 18.9 Å². The van der Waals surface area contributed by atoms with Gasteiger partial charge in [0.1, 0.15) is 45.7 Å². The van der Waals surface area contributed by atoms with E-state index in [1.807, 2.05) is 72.8 Å². The fourth-order valence-electron chi connectivity index (χ4n) is 11.7. The highest BCUT2D eigenvalue weighted by molar-refractivity contribution is 7.91. The molecule has 0 aliphatic heterocycles. The maximum absolute atomic E-state index is 14.1. The van der Waals surface area contributed by atoms with Crippen molar-refractivity contribution in [2.75, 3.05) is 0 Å². The predicted octanol–water partition coefficient (Wildman–Crippen LogP) is 19.7. The van der Waals surface area contributed by atoms with Crippen molar-refractivity contribution in [3.05, 3.63) is 216 Å². The minimum atomic E-state index is -3.85. The molecule has 0 bridgehead atoms. The standard InChI is InChI=1S/C73H84O8S2/c1-13-70(11,14-2)57-29-45-65(46-30-57)82(74,75)67-49-41-61(42-50-67)78-59-33-21-53(22-34-59)54-23-35-64(36-24-54)81-73(19-7,20-8)72(17-5,18-6)58-31-47-66(48-32-58)83(76,77)68-51-43-62(44-52-68)79-60-37-25-55(26-38-60)69(9,10)56-27-39-63(40-28-56)80-71(12,15-3)16-4/h21-52H,13-20H2,1-12H3. The fraction of sp³-hybridized carbons (Fsp3) is 0.342. The van der Waals surface area contributed by atoms with Crippen LogP contribution >= 0.6 is 0 Å². The molecule has 8 aromatic rings. The highest BCUT2D eigenvalue weighted by Crippen LogP contribution is 2.49. The van der Waals surface area contributed by atoms with E-state index in [-0.39, 0.29) is 36.0 Å². The Morgan fingerprint density at radius 3 is 0.928 bits per heavy atom. The molecule has 0 aliphatic carbocycles. The van der Waals surface area contributed by atoms with Gasteiger partial charge in [-0.3, -0.25) is 0 Å². The predicted molar refractivity (Wildman–Crippen MR) is 337 cm³/mol. The minimum Gasteiger partial charge on any atom is -0.488 e. The molecule has 0 saturated carbocycles. The van der Waals surface area contributed by atoms with Gasteiger partial charge < -0.3 is 18.9 Å². The molecule has 0 fully saturated rings. The average molecular weight is 1150 g/mol. The van der Waals surface area contributed by atoms with Crippen molar-refractivity contribution >= 4 is 19.7 Å². The monoisotopic (exact) mass is 1150 g/mol. The van der Waals surface area contributed by atoms with Crippen molar-refractivity contribution in [2.45, 2.75) is 181 Å². The van der Waals surface area contributed by atoms with Crippen molar-refractivity contribution in [1.82, 2.24) is 0 Å². The zero-order chi connectivity index (χ0) is 59.9. The Balaban J connectivity index is 0.893. The van der Waals surface area contributed by atoms with Crippen molar-refractivity contribution < 1.29 is 35.8 Å². The van der Waals surface area contributed by atoms with Crippen LogP contribution in [-0.2, 0) is 35.9 Å². The number of hydrogen-bond acceptors (Lipinski definition) is 8. The number of ether oxygens (including phenoxy) is 4. The summed E-state index contributed by atoms with van der Waals surface area (Å²) in [6.45, 7) is 26.1. The highest BCUT2D eigenvalue weighted by atomic mass is 32.2. The lowest BCUT2D eigenvalue weighted by molar-refractivity contribution is -0.0283. The van der Waals surface area contributed by atoms with Gasteiger partial charge in [0.2, 0.25) is 19.7 Å². The summed E-state index contributed by atoms with van der Waals surface area (Å²) in [7, 11) is -7.55. The lowest BCUT2D eigenvalue weighted by Gasteiger charge is -2.50. The molecular weight excluding hydrogens is 1070 g/mol. The molecule has 0 radical (unpaired) electrons. The largest absolute Gasteiger partial charge is 0.488 e. The molecule has 0 N–H and O–H groups in total. The third kappa shape index (κ3) is 12.8. The maximum atomic E-state index is 14.1. The second-order valence-electron chi connectivity index (χ2n) is 23.0. The molecule has 0 saturated heterocycles. The third-order valence-electron chi connectivity index (χ3n) is 18.5. The Labute approximate surface area is 496 Å². The molecule has 8 aromatic carbocycles. The number of sulfone groups is 2. The molecule has 0 atom stereocenters. The van der Waals surface area contributed by atoms with E-state index < -0.39 is 30.7 Å². The second-order valence-corrected chi connectivity index (χ2v) is 26.9. The van der Waals surface area contributed by atoms with Crippen LogP contribution in [-0.4, -0.2) is 28.0 Å². The van der Waals surface area contributed by atoms with Crippen LogP contribution in [0.4, 0.5) is 0 Å². The SMILES string of the molecule is CCC(C)(CC)Oc1ccc(C(C)(C)c2ccc(Oc3ccc(S(=O)(=O)c4ccc(C(CC)(CC)C(CC)(CC)Oc5ccc(-c6ccc(Oc7ccc(S(=O)(=O)c8ccc(C(C)(CC)CC)cc8)cc7)cc6)cc5)cc4)cc3)cc2)cc1. The number of hydrogen-bond donors (Lipinski definition) is 0. The van der Waals surface area contributed by atoms with Crippen LogP contribution in [0.2, 0.25) is 0 Å². The summed E-state index contributed by atoms with van der Waals surface area (Å²) in [5, 5.41) is 0. The highest BCUT2D eigenvalue weighted by Gasteiger charge is 2.50. The maximum Gasteiger partial charge on any atom is 0.206 e. The van der Waals surface area contributed by atoms with Gasteiger partial charge >= 0.3 is 0 Å².